The Labute approximate surface area is 139 Å². The second kappa shape index (κ2) is 7.08. The number of hydrogen-bond donors (Lipinski definition) is 0. The van der Waals surface area contributed by atoms with E-state index in [1.54, 1.807) is 18.3 Å². The predicted molar refractivity (Wildman–Crippen MR) is 89.8 cm³/mol. The van der Waals surface area contributed by atoms with Crippen LogP contribution in [0.1, 0.15) is 52.0 Å². The monoisotopic (exact) mass is 331 g/mol. The zero-order valence-corrected chi connectivity index (χ0v) is 14.1. The maximum Gasteiger partial charge on any atom is 0.264 e. The molecule has 2 aromatic heterocycles. The highest BCUT2D eigenvalue weighted by molar-refractivity contribution is 7.15. The molecule has 1 amide bonds. The minimum Gasteiger partial charge on any atom is -0.335 e. The molecule has 0 bridgehead atoms. The van der Waals surface area contributed by atoms with Crippen molar-refractivity contribution in [1.29, 1.82) is 0 Å². The van der Waals surface area contributed by atoms with Crippen molar-refractivity contribution in [3.63, 3.8) is 0 Å². The van der Waals surface area contributed by atoms with Gasteiger partial charge in [0.15, 0.2) is 5.78 Å². The summed E-state index contributed by atoms with van der Waals surface area (Å²) in [5, 5.41) is 4.23. The highest BCUT2D eigenvalue weighted by Gasteiger charge is 2.28. The van der Waals surface area contributed by atoms with Gasteiger partial charge >= 0.3 is 0 Å². The van der Waals surface area contributed by atoms with Crippen LogP contribution in [-0.4, -0.2) is 39.0 Å². The van der Waals surface area contributed by atoms with E-state index >= 15 is 0 Å². The molecule has 0 aromatic carbocycles. The molecule has 5 nitrogen and oxygen atoms in total. The number of carbonyl (C=O) groups excluding carboxylic acids is 2. The first kappa shape index (κ1) is 15.9. The second-order valence-corrected chi connectivity index (χ2v) is 7.01. The summed E-state index contributed by atoms with van der Waals surface area (Å²) in [7, 11) is 0. The van der Waals surface area contributed by atoms with Crippen LogP contribution in [0.3, 0.4) is 0 Å². The smallest absolute Gasteiger partial charge is 0.264 e. The van der Waals surface area contributed by atoms with Gasteiger partial charge in [0.2, 0.25) is 0 Å². The molecule has 1 aliphatic rings. The van der Waals surface area contributed by atoms with E-state index in [-0.39, 0.29) is 17.7 Å². The van der Waals surface area contributed by atoms with E-state index in [4.69, 9.17) is 0 Å². The fourth-order valence-electron chi connectivity index (χ4n) is 3.07. The number of thiophene rings is 1. The molecular formula is C17H21N3O2S. The Kier molecular flexibility index (Phi) is 4.91. The summed E-state index contributed by atoms with van der Waals surface area (Å²) >= 11 is 1.30. The summed E-state index contributed by atoms with van der Waals surface area (Å²) in [6, 6.07) is 5.70. The summed E-state index contributed by atoms with van der Waals surface area (Å²) < 4.78 is 1.91. The number of likely N-dealkylation sites (tertiary alicyclic amines) is 1. The van der Waals surface area contributed by atoms with Crippen LogP contribution in [0.5, 0.6) is 0 Å². The van der Waals surface area contributed by atoms with Gasteiger partial charge in [-0.15, -0.1) is 11.3 Å². The van der Waals surface area contributed by atoms with Crippen molar-refractivity contribution in [2.24, 2.45) is 0 Å². The van der Waals surface area contributed by atoms with Gasteiger partial charge in [-0.05, 0) is 50.8 Å². The second-order valence-electron chi connectivity index (χ2n) is 5.93. The molecular weight excluding hydrogens is 310 g/mol. The van der Waals surface area contributed by atoms with Gasteiger partial charge < -0.3 is 4.90 Å². The van der Waals surface area contributed by atoms with E-state index in [0.717, 1.165) is 38.8 Å². The van der Waals surface area contributed by atoms with Crippen LogP contribution in [0, 0.1) is 0 Å². The van der Waals surface area contributed by atoms with Crippen molar-refractivity contribution in [2.75, 3.05) is 6.54 Å². The fourth-order valence-corrected chi connectivity index (χ4v) is 3.92. The van der Waals surface area contributed by atoms with Crippen molar-refractivity contribution in [3.8, 4) is 0 Å². The van der Waals surface area contributed by atoms with Gasteiger partial charge in [0, 0.05) is 31.5 Å². The molecule has 0 unspecified atom stereocenters. The quantitative estimate of drug-likeness (QED) is 0.790. The topological polar surface area (TPSA) is 55.2 Å². The number of amides is 1. The lowest BCUT2D eigenvalue weighted by atomic mass is 9.99. The summed E-state index contributed by atoms with van der Waals surface area (Å²) in [6.07, 6.45) is 7.90. The molecule has 0 saturated carbocycles. The summed E-state index contributed by atoms with van der Waals surface area (Å²) in [6.45, 7) is 3.16. The van der Waals surface area contributed by atoms with E-state index in [1.807, 2.05) is 21.8 Å². The number of nitrogens with zero attached hydrogens (tertiary/aromatic N) is 3. The molecule has 2 aromatic rings. The maximum absolute atomic E-state index is 12.8. The zero-order chi connectivity index (χ0) is 16.2. The van der Waals surface area contributed by atoms with Crippen molar-refractivity contribution >= 4 is 23.0 Å². The van der Waals surface area contributed by atoms with Crippen molar-refractivity contribution in [3.05, 3.63) is 40.3 Å². The lowest BCUT2D eigenvalue weighted by Gasteiger charge is -2.35. The normalized spacial score (nSPS) is 18.1. The van der Waals surface area contributed by atoms with E-state index < -0.39 is 0 Å². The largest absolute Gasteiger partial charge is 0.335 e. The Hall–Kier alpha value is -1.95. The Bertz CT molecular complexity index is 678. The van der Waals surface area contributed by atoms with Gasteiger partial charge in [-0.3, -0.25) is 14.3 Å². The molecule has 3 rings (SSSR count). The maximum atomic E-state index is 12.8. The van der Waals surface area contributed by atoms with E-state index in [0.29, 0.717) is 9.75 Å². The van der Waals surface area contributed by atoms with Crippen molar-refractivity contribution < 1.29 is 9.59 Å². The molecule has 23 heavy (non-hydrogen) atoms. The molecule has 1 fully saturated rings. The average molecular weight is 331 g/mol. The van der Waals surface area contributed by atoms with Crippen molar-refractivity contribution in [1.82, 2.24) is 14.7 Å². The average Bonchev–Trinajstić information content (AvgIpc) is 3.24. The molecule has 0 aliphatic carbocycles. The molecule has 0 radical (unpaired) electrons. The lowest BCUT2D eigenvalue weighted by molar-refractivity contribution is 0.0599. The minimum absolute atomic E-state index is 0.0166. The molecule has 1 atom stereocenters. The molecule has 122 valence electrons. The molecule has 1 saturated heterocycles. The Morgan fingerprint density at radius 1 is 1.30 bits per heavy atom. The Morgan fingerprint density at radius 2 is 2.13 bits per heavy atom. The van der Waals surface area contributed by atoms with E-state index in [9.17, 15) is 9.59 Å². The number of aromatic nitrogens is 2. The van der Waals surface area contributed by atoms with E-state index in [2.05, 4.69) is 5.10 Å². The third kappa shape index (κ3) is 3.69. The van der Waals surface area contributed by atoms with Crippen LogP contribution in [0.25, 0.3) is 0 Å². The van der Waals surface area contributed by atoms with Gasteiger partial charge in [-0.2, -0.15) is 5.10 Å². The minimum atomic E-state index is 0.0166. The first-order valence-electron chi connectivity index (χ1n) is 8.04. The van der Waals surface area contributed by atoms with Gasteiger partial charge in [-0.1, -0.05) is 0 Å². The zero-order valence-electron chi connectivity index (χ0n) is 13.3. The van der Waals surface area contributed by atoms with Crippen LogP contribution in [0.4, 0.5) is 0 Å². The molecule has 0 N–H and O–H groups in total. The van der Waals surface area contributed by atoms with Gasteiger partial charge in [0.1, 0.15) is 0 Å². The number of Topliss-reactive ketones (excluding diaryl/α,β-unsaturated/α-hetero) is 1. The highest BCUT2D eigenvalue weighted by atomic mass is 32.1. The number of ketones is 1. The molecule has 1 aliphatic heterocycles. The lowest BCUT2D eigenvalue weighted by Crippen LogP contribution is -2.44. The fraction of sp³-hybridized carbons (Fsp3) is 0.471. The van der Waals surface area contributed by atoms with Crippen molar-refractivity contribution in [2.45, 2.75) is 45.2 Å². The number of rotatable bonds is 5. The third-order valence-corrected chi connectivity index (χ3v) is 5.48. The first-order valence-corrected chi connectivity index (χ1v) is 8.86. The van der Waals surface area contributed by atoms with Crippen LogP contribution < -0.4 is 0 Å². The van der Waals surface area contributed by atoms with Gasteiger partial charge in [0.05, 0.1) is 9.75 Å². The van der Waals surface area contributed by atoms with Crippen LogP contribution in [-0.2, 0) is 6.54 Å². The van der Waals surface area contributed by atoms with Crippen LogP contribution in [0.15, 0.2) is 30.6 Å². The first-order chi connectivity index (χ1) is 11.1. The predicted octanol–water partition coefficient (Wildman–Crippen LogP) is 3.23. The van der Waals surface area contributed by atoms with E-state index in [1.165, 1.54) is 18.3 Å². The molecule has 3 heterocycles. The molecule has 0 spiro atoms. The van der Waals surface area contributed by atoms with Crippen LogP contribution in [0.2, 0.25) is 0 Å². The standard InChI is InChI=1S/C17H21N3O2S/c1-13(21)15-6-7-16(23-15)17(22)20-11-3-2-5-14(20)8-12-19-10-4-9-18-19/h4,6-7,9-10,14H,2-3,5,8,11-12H2,1H3/t14-/m1/s1. The highest BCUT2D eigenvalue weighted by Crippen LogP contribution is 2.25. The number of carbonyl (C=O) groups is 2. The Balaban J connectivity index is 1.69. The number of hydrogen-bond acceptors (Lipinski definition) is 4. The number of piperidine rings is 1. The Morgan fingerprint density at radius 3 is 2.83 bits per heavy atom. The molecule has 6 heteroatoms. The summed E-state index contributed by atoms with van der Waals surface area (Å²) in [5.74, 6) is 0.0793. The van der Waals surface area contributed by atoms with Crippen LogP contribution >= 0.6 is 11.3 Å². The summed E-state index contributed by atoms with van der Waals surface area (Å²) in [4.78, 5) is 27.5. The number of aryl methyl sites for hydroxylation is 1. The summed E-state index contributed by atoms with van der Waals surface area (Å²) in [5.41, 5.74) is 0. The SMILES string of the molecule is CC(=O)c1ccc(C(=O)N2CCCC[C@@H]2CCn2cccn2)s1. The van der Waals surface area contributed by atoms with Gasteiger partial charge in [-0.25, -0.2) is 0 Å². The van der Waals surface area contributed by atoms with Gasteiger partial charge in [0.25, 0.3) is 5.91 Å². The third-order valence-electron chi connectivity index (χ3n) is 4.30.